The van der Waals surface area contributed by atoms with Gasteiger partial charge in [0.1, 0.15) is 5.54 Å². The number of esters is 1. The van der Waals surface area contributed by atoms with Crippen molar-refractivity contribution in [3.8, 4) is 0 Å². The van der Waals surface area contributed by atoms with E-state index in [4.69, 9.17) is 4.74 Å². The molecule has 0 amide bonds. The fourth-order valence-corrected chi connectivity index (χ4v) is 3.59. The Morgan fingerprint density at radius 1 is 1.20 bits per heavy atom. The lowest BCUT2D eigenvalue weighted by Crippen LogP contribution is -2.59. The van der Waals surface area contributed by atoms with E-state index < -0.39 is 23.6 Å². The number of alkyl halides is 3. The van der Waals surface area contributed by atoms with Crippen LogP contribution in [0.4, 0.5) is 13.2 Å². The molecule has 6 heteroatoms. The van der Waals surface area contributed by atoms with Gasteiger partial charge in [0.25, 0.3) is 0 Å². The van der Waals surface area contributed by atoms with Gasteiger partial charge in [-0.05, 0) is 32.1 Å². The van der Waals surface area contributed by atoms with Gasteiger partial charge >= 0.3 is 12.1 Å². The van der Waals surface area contributed by atoms with E-state index in [0.29, 0.717) is 12.8 Å². The van der Waals surface area contributed by atoms with E-state index >= 15 is 0 Å². The van der Waals surface area contributed by atoms with Crippen LogP contribution in [-0.4, -0.2) is 30.8 Å². The van der Waals surface area contributed by atoms with Crippen molar-refractivity contribution in [2.45, 2.75) is 69.1 Å². The molecule has 20 heavy (non-hydrogen) atoms. The van der Waals surface area contributed by atoms with Crippen molar-refractivity contribution in [3.63, 3.8) is 0 Å². The van der Waals surface area contributed by atoms with Crippen LogP contribution < -0.4 is 5.32 Å². The number of hydrogen-bond donors (Lipinski definition) is 1. The Morgan fingerprint density at radius 3 is 2.40 bits per heavy atom. The second-order valence-electron chi connectivity index (χ2n) is 6.03. The van der Waals surface area contributed by atoms with Gasteiger partial charge in [-0.1, -0.05) is 19.3 Å². The van der Waals surface area contributed by atoms with E-state index in [9.17, 15) is 18.0 Å². The Hall–Kier alpha value is -0.780. The van der Waals surface area contributed by atoms with E-state index in [1.807, 2.05) is 0 Å². The molecule has 2 aliphatic carbocycles. The number of rotatable bonds is 3. The normalized spacial score (nSPS) is 32.3. The fourth-order valence-electron chi connectivity index (χ4n) is 3.59. The van der Waals surface area contributed by atoms with Crippen LogP contribution >= 0.6 is 0 Å². The summed E-state index contributed by atoms with van der Waals surface area (Å²) >= 11 is 0. The smallest absolute Gasteiger partial charge is 0.391 e. The summed E-state index contributed by atoms with van der Waals surface area (Å²) in [7, 11) is 1.25. The lowest BCUT2D eigenvalue weighted by molar-refractivity contribution is -0.192. The second kappa shape index (κ2) is 5.92. The van der Waals surface area contributed by atoms with Crippen LogP contribution in [0, 0.1) is 5.92 Å². The quantitative estimate of drug-likeness (QED) is 0.812. The van der Waals surface area contributed by atoms with Gasteiger partial charge in [-0.15, -0.1) is 0 Å². The van der Waals surface area contributed by atoms with Crippen LogP contribution in [-0.2, 0) is 9.53 Å². The molecule has 2 saturated carbocycles. The van der Waals surface area contributed by atoms with E-state index in [0.717, 1.165) is 25.7 Å². The van der Waals surface area contributed by atoms with Gasteiger partial charge in [0.15, 0.2) is 0 Å². The van der Waals surface area contributed by atoms with Gasteiger partial charge in [0.05, 0.1) is 13.0 Å². The summed E-state index contributed by atoms with van der Waals surface area (Å²) in [4.78, 5) is 12.1. The Balaban J connectivity index is 2.15. The minimum Gasteiger partial charge on any atom is -0.468 e. The Bertz CT molecular complexity index is 353. The first-order chi connectivity index (χ1) is 9.37. The van der Waals surface area contributed by atoms with Gasteiger partial charge in [0.2, 0.25) is 0 Å². The second-order valence-corrected chi connectivity index (χ2v) is 6.03. The van der Waals surface area contributed by atoms with Crippen LogP contribution in [0.1, 0.15) is 51.4 Å². The van der Waals surface area contributed by atoms with Crippen molar-refractivity contribution in [2.75, 3.05) is 7.11 Å². The number of methoxy groups -OCH3 is 1. The predicted octanol–water partition coefficient (Wildman–Crippen LogP) is 3.18. The van der Waals surface area contributed by atoms with Crippen LogP contribution in [0.25, 0.3) is 0 Å². The zero-order chi connectivity index (χ0) is 14.8. The van der Waals surface area contributed by atoms with Crippen molar-refractivity contribution < 1.29 is 22.7 Å². The highest BCUT2D eigenvalue weighted by Gasteiger charge is 2.52. The molecule has 116 valence electrons. The molecule has 0 radical (unpaired) electrons. The largest absolute Gasteiger partial charge is 0.468 e. The summed E-state index contributed by atoms with van der Waals surface area (Å²) in [6.45, 7) is 0. The Labute approximate surface area is 117 Å². The molecule has 2 rings (SSSR count). The highest BCUT2D eigenvalue weighted by Crippen LogP contribution is 2.43. The third-order valence-electron chi connectivity index (χ3n) is 4.63. The van der Waals surface area contributed by atoms with Gasteiger partial charge in [0, 0.05) is 6.04 Å². The molecule has 2 atom stereocenters. The van der Waals surface area contributed by atoms with Crippen LogP contribution in [0.3, 0.4) is 0 Å². The summed E-state index contributed by atoms with van der Waals surface area (Å²) in [6, 6.07) is 0.140. The molecule has 2 unspecified atom stereocenters. The maximum atomic E-state index is 13.0. The molecule has 2 fully saturated rings. The lowest BCUT2D eigenvalue weighted by Gasteiger charge is -2.41. The average molecular weight is 293 g/mol. The van der Waals surface area contributed by atoms with Crippen molar-refractivity contribution in [1.82, 2.24) is 5.32 Å². The molecular formula is C14H22F3NO2. The van der Waals surface area contributed by atoms with Crippen LogP contribution in [0.15, 0.2) is 0 Å². The third kappa shape index (κ3) is 3.27. The number of halogens is 3. The van der Waals surface area contributed by atoms with E-state index in [2.05, 4.69) is 5.32 Å². The molecule has 0 aromatic carbocycles. The summed E-state index contributed by atoms with van der Waals surface area (Å²) in [6.07, 6.45) is 0.493. The van der Waals surface area contributed by atoms with Crippen molar-refractivity contribution in [2.24, 2.45) is 5.92 Å². The minimum absolute atomic E-state index is 0.106. The summed E-state index contributed by atoms with van der Waals surface area (Å²) in [5.74, 6) is -1.96. The van der Waals surface area contributed by atoms with Gasteiger partial charge in [-0.25, -0.2) is 0 Å². The molecular weight excluding hydrogens is 271 g/mol. The number of carbonyl (C=O) groups is 1. The molecule has 2 aliphatic rings. The van der Waals surface area contributed by atoms with Gasteiger partial charge in [-0.2, -0.15) is 13.2 Å². The highest BCUT2D eigenvalue weighted by molar-refractivity contribution is 5.81. The SMILES string of the molecule is COC(=O)C1(NC2CCCC2)CCCC(C(F)(F)F)C1. The molecule has 1 N–H and O–H groups in total. The first-order valence-corrected chi connectivity index (χ1v) is 7.30. The summed E-state index contributed by atoms with van der Waals surface area (Å²) in [5, 5.41) is 3.21. The Morgan fingerprint density at radius 2 is 1.85 bits per heavy atom. The maximum Gasteiger partial charge on any atom is 0.391 e. The van der Waals surface area contributed by atoms with E-state index in [1.54, 1.807) is 0 Å². The zero-order valence-corrected chi connectivity index (χ0v) is 11.8. The molecule has 0 aromatic rings. The van der Waals surface area contributed by atoms with Crippen LogP contribution in [0.5, 0.6) is 0 Å². The monoisotopic (exact) mass is 293 g/mol. The predicted molar refractivity (Wildman–Crippen MR) is 68.2 cm³/mol. The fraction of sp³-hybridized carbons (Fsp3) is 0.929. The third-order valence-corrected chi connectivity index (χ3v) is 4.63. The maximum absolute atomic E-state index is 13.0. The minimum atomic E-state index is -4.24. The van der Waals surface area contributed by atoms with Crippen LogP contribution in [0.2, 0.25) is 0 Å². The summed E-state index contributed by atoms with van der Waals surface area (Å²) in [5.41, 5.74) is -1.15. The molecule has 0 aliphatic heterocycles. The topological polar surface area (TPSA) is 38.3 Å². The first kappa shape index (κ1) is 15.6. The molecule has 0 spiro atoms. The zero-order valence-electron chi connectivity index (χ0n) is 11.8. The van der Waals surface area contributed by atoms with E-state index in [1.165, 1.54) is 7.11 Å². The number of hydrogen-bond acceptors (Lipinski definition) is 3. The number of ether oxygens (including phenoxy) is 1. The van der Waals surface area contributed by atoms with Crippen molar-refractivity contribution >= 4 is 5.97 Å². The number of carbonyl (C=O) groups excluding carboxylic acids is 1. The van der Waals surface area contributed by atoms with Gasteiger partial charge in [-0.3, -0.25) is 10.1 Å². The Kier molecular flexibility index (Phi) is 4.62. The van der Waals surface area contributed by atoms with E-state index in [-0.39, 0.29) is 18.9 Å². The van der Waals surface area contributed by atoms with Gasteiger partial charge < -0.3 is 4.74 Å². The molecule has 0 aromatic heterocycles. The molecule has 0 saturated heterocycles. The average Bonchev–Trinajstić information content (AvgIpc) is 2.89. The lowest BCUT2D eigenvalue weighted by atomic mass is 9.74. The van der Waals surface area contributed by atoms with Crippen molar-refractivity contribution in [1.29, 1.82) is 0 Å². The first-order valence-electron chi connectivity index (χ1n) is 7.30. The van der Waals surface area contributed by atoms with Crippen molar-refractivity contribution in [3.05, 3.63) is 0 Å². The summed E-state index contributed by atoms with van der Waals surface area (Å²) < 4.78 is 43.8. The number of nitrogens with one attached hydrogen (secondary N) is 1. The standard InChI is InChI=1S/C14H22F3NO2/c1-20-12(19)13(18-11-6-2-3-7-11)8-4-5-10(9-13)14(15,16)17/h10-11,18H,2-9H2,1H3. The molecule has 3 nitrogen and oxygen atoms in total. The highest BCUT2D eigenvalue weighted by atomic mass is 19.4. The molecule has 0 bridgehead atoms. The molecule has 0 heterocycles.